The Balaban J connectivity index is 1.96. The maximum absolute atomic E-state index is 11.7. The predicted molar refractivity (Wildman–Crippen MR) is 84.5 cm³/mol. The van der Waals surface area contributed by atoms with Crippen molar-refractivity contribution < 1.29 is 4.79 Å². The van der Waals surface area contributed by atoms with Crippen LogP contribution in [0.3, 0.4) is 0 Å². The second kappa shape index (κ2) is 11.1. The van der Waals surface area contributed by atoms with Crippen LogP contribution in [0.25, 0.3) is 0 Å². The molecular weight excluding hydrogens is 252 g/mol. The van der Waals surface area contributed by atoms with Gasteiger partial charge in [-0.25, -0.2) is 0 Å². The molecule has 19 heavy (non-hydrogen) atoms. The zero-order valence-electron chi connectivity index (χ0n) is 12.1. The average molecular weight is 278 g/mol. The molecule has 0 N–H and O–H groups in total. The lowest BCUT2D eigenvalue weighted by atomic mass is 10.1. The minimum absolute atomic E-state index is 0.303. The van der Waals surface area contributed by atoms with Gasteiger partial charge in [0, 0.05) is 11.3 Å². The maximum Gasteiger partial charge on any atom is 0.193 e. The van der Waals surface area contributed by atoms with Gasteiger partial charge in [-0.05, 0) is 18.6 Å². The van der Waals surface area contributed by atoms with Crippen LogP contribution in [0.4, 0.5) is 0 Å². The first-order valence-corrected chi connectivity index (χ1v) is 8.40. The topological polar surface area (TPSA) is 17.1 Å². The third-order valence-corrected chi connectivity index (χ3v) is 4.15. The summed E-state index contributed by atoms with van der Waals surface area (Å²) in [6.07, 6.45) is 11.0. The molecule has 0 aromatic heterocycles. The molecular formula is C17H26OS. The summed E-state index contributed by atoms with van der Waals surface area (Å²) in [6.45, 7) is 2.25. The highest BCUT2D eigenvalue weighted by atomic mass is 32.2. The molecule has 1 rings (SSSR count). The largest absolute Gasteiger partial charge is 0.287 e. The van der Waals surface area contributed by atoms with Gasteiger partial charge in [-0.2, -0.15) is 0 Å². The van der Waals surface area contributed by atoms with E-state index in [1.165, 1.54) is 56.7 Å². The number of rotatable bonds is 10. The van der Waals surface area contributed by atoms with Crippen molar-refractivity contribution in [3.63, 3.8) is 0 Å². The zero-order valence-corrected chi connectivity index (χ0v) is 12.9. The minimum Gasteiger partial charge on any atom is -0.287 e. The van der Waals surface area contributed by atoms with Gasteiger partial charge >= 0.3 is 0 Å². The lowest BCUT2D eigenvalue weighted by Gasteiger charge is -2.02. The van der Waals surface area contributed by atoms with Gasteiger partial charge in [-0.15, -0.1) is 0 Å². The van der Waals surface area contributed by atoms with Gasteiger partial charge in [-0.3, -0.25) is 4.79 Å². The van der Waals surface area contributed by atoms with Crippen LogP contribution in [0, 0.1) is 0 Å². The van der Waals surface area contributed by atoms with Gasteiger partial charge in [0.05, 0.1) is 0 Å². The fraction of sp³-hybridized carbons (Fsp3) is 0.588. The Morgan fingerprint density at radius 2 is 1.47 bits per heavy atom. The van der Waals surface area contributed by atoms with Gasteiger partial charge in [0.1, 0.15) is 0 Å². The van der Waals surface area contributed by atoms with Crippen molar-refractivity contribution in [1.82, 2.24) is 0 Å². The molecule has 0 saturated carbocycles. The molecule has 1 aromatic carbocycles. The van der Waals surface area contributed by atoms with Crippen molar-refractivity contribution in [2.24, 2.45) is 0 Å². The van der Waals surface area contributed by atoms with Gasteiger partial charge < -0.3 is 0 Å². The molecule has 0 heterocycles. The number of carbonyl (C=O) groups excluding carboxylic acids is 1. The highest BCUT2D eigenvalue weighted by molar-refractivity contribution is 8.13. The molecule has 1 aromatic rings. The predicted octanol–water partition coefficient (Wildman–Crippen LogP) is 5.84. The van der Waals surface area contributed by atoms with Crippen molar-refractivity contribution in [2.45, 2.75) is 69.6 Å². The van der Waals surface area contributed by atoms with Crippen molar-refractivity contribution in [1.29, 1.82) is 0 Å². The third kappa shape index (κ3) is 8.88. The van der Waals surface area contributed by atoms with Gasteiger partial charge in [-0.1, -0.05) is 81.8 Å². The highest BCUT2D eigenvalue weighted by Crippen LogP contribution is 2.21. The fourth-order valence-corrected chi connectivity index (χ4v) is 2.88. The van der Waals surface area contributed by atoms with E-state index in [-0.39, 0.29) is 0 Å². The van der Waals surface area contributed by atoms with E-state index in [0.717, 1.165) is 11.3 Å². The lowest BCUT2D eigenvalue weighted by molar-refractivity contribution is -0.111. The zero-order chi connectivity index (χ0) is 13.8. The Morgan fingerprint density at radius 1 is 0.895 bits per heavy atom. The molecule has 0 spiro atoms. The summed E-state index contributed by atoms with van der Waals surface area (Å²) >= 11 is 1.38. The SMILES string of the molecule is CCCCCCCCCCC(=O)Sc1ccccc1. The van der Waals surface area contributed by atoms with E-state index in [4.69, 9.17) is 0 Å². The Morgan fingerprint density at radius 3 is 2.11 bits per heavy atom. The molecule has 0 radical (unpaired) electrons. The first kappa shape index (κ1) is 16.3. The summed E-state index contributed by atoms with van der Waals surface area (Å²) < 4.78 is 0. The molecule has 0 atom stereocenters. The van der Waals surface area contributed by atoms with Gasteiger partial charge in [0.15, 0.2) is 5.12 Å². The number of carbonyl (C=O) groups is 1. The molecule has 106 valence electrons. The normalized spacial score (nSPS) is 10.6. The number of thioether (sulfide) groups is 1. The summed E-state index contributed by atoms with van der Waals surface area (Å²) in [6, 6.07) is 9.93. The highest BCUT2D eigenvalue weighted by Gasteiger charge is 2.03. The van der Waals surface area contributed by atoms with Crippen LogP contribution in [0.2, 0.25) is 0 Å². The molecule has 0 saturated heterocycles. The summed E-state index contributed by atoms with van der Waals surface area (Å²) in [5, 5.41) is 0.303. The molecule has 0 aliphatic heterocycles. The quantitative estimate of drug-likeness (QED) is 0.395. The Kier molecular flexibility index (Phi) is 9.52. The fourth-order valence-electron chi connectivity index (χ4n) is 2.07. The number of unbranched alkanes of at least 4 members (excludes halogenated alkanes) is 7. The summed E-state index contributed by atoms with van der Waals surface area (Å²) in [5.74, 6) is 0. The Hall–Kier alpha value is -0.760. The molecule has 0 amide bonds. The van der Waals surface area contributed by atoms with Crippen LogP contribution in [0.1, 0.15) is 64.7 Å². The van der Waals surface area contributed by atoms with Crippen LogP contribution in [-0.2, 0) is 4.79 Å². The third-order valence-electron chi connectivity index (χ3n) is 3.21. The average Bonchev–Trinajstić information content (AvgIpc) is 2.43. The van der Waals surface area contributed by atoms with E-state index in [0.29, 0.717) is 11.5 Å². The van der Waals surface area contributed by atoms with E-state index in [1.54, 1.807) is 0 Å². The van der Waals surface area contributed by atoms with Crippen LogP contribution in [0.5, 0.6) is 0 Å². The molecule has 0 unspecified atom stereocenters. The molecule has 0 bridgehead atoms. The van der Waals surface area contributed by atoms with E-state index >= 15 is 0 Å². The van der Waals surface area contributed by atoms with Crippen LogP contribution >= 0.6 is 11.8 Å². The van der Waals surface area contributed by atoms with Crippen molar-refractivity contribution in [3.05, 3.63) is 30.3 Å². The Bertz CT molecular complexity index is 334. The van der Waals surface area contributed by atoms with E-state index < -0.39 is 0 Å². The summed E-state index contributed by atoms with van der Waals surface area (Å²) in [7, 11) is 0. The van der Waals surface area contributed by atoms with Gasteiger partial charge in [0.25, 0.3) is 0 Å². The number of benzene rings is 1. The first-order valence-electron chi connectivity index (χ1n) is 7.58. The van der Waals surface area contributed by atoms with E-state index in [2.05, 4.69) is 6.92 Å². The van der Waals surface area contributed by atoms with Crippen LogP contribution in [0.15, 0.2) is 35.2 Å². The molecule has 1 nitrogen and oxygen atoms in total. The number of hydrogen-bond acceptors (Lipinski definition) is 2. The van der Waals surface area contributed by atoms with Crippen molar-refractivity contribution in [3.8, 4) is 0 Å². The van der Waals surface area contributed by atoms with Crippen molar-refractivity contribution >= 4 is 16.9 Å². The molecule has 0 aliphatic carbocycles. The smallest absolute Gasteiger partial charge is 0.193 e. The Labute approximate surface area is 122 Å². The van der Waals surface area contributed by atoms with Crippen molar-refractivity contribution in [2.75, 3.05) is 0 Å². The molecule has 2 heteroatoms. The molecule has 0 aliphatic rings. The summed E-state index contributed by atoms with van der Waals surface area (Å²) in [5.41, 5.74) is 0. The monoisotopic (exact) mass is 278 g/mol. The summed E-state index contributed by atoms with van der Waals surface area (Å²) in [4.78, 5) is 12.8. The van der Waals surface area contributed by atoms with E-state index in [1.807, 2.05) is 30.3 Å². The minimum atomic E-state index is 0.303. The van der Waals surface area contributed by atoms with Crippen LogP contribution < -0.4 is 0 Å². The number of hydrogen-bond donors (Lipinski definition) is 0. The molecule has 0 fully saturated rings. The van der Waals surface area contributed by atoms with E-state index in [9.17, 15) is 4.79 Å². The second-order valence-electron chi connectivity index (χ2n) is 5.01. The first-order chi connectivity index (χ1) is 9.33. The van der Waals surface area contributed by atoms with Crippen LogP contribution in [-0.4, -0.2) is 5.12 Å². The van der Waals surface area contributed by atoms with Gasteiger partial charge in [0.2, 0.25) is 0 Å². The second-order valence-corrected chi connectivity index (χ2v) is 6.14. The maximum atomic E-state index is 11.7. The standard InChI is InChI=1S/C17H26OS/c1-2-3-4-5-6-7-8-12-15-17(18)19-16-13-10-9-11-14-16/h9-11,13-14H,2-8,12,15H2,1H3. The lowest BCUT2D eigenvalue weighted by Crippen LogP contribution is -1.91.